The van der Waals surface area contributed by atoms with Crippen molar-refractivity contribution in [1.82, 2.24) is 19.7 Å². The number of halogens is 2. The second-order valence-electron chi connectivity index (χ2n) is 7.74. The molecule has 4 heterocycles. The van der Waals surface area contributed by atoms with Crippen LogP contribution in [0.25, 0.3) is 16.7 Å². The fourth-order valence-corrected chi connectivity index (χ4v) is 3.87. The number of hydrogen-bond donors (Lipinski definition) is 1. The van der Waals surface area contributed by atoms with Gasteiger partial charge in [0, 0.05) is 36.7 Å². The fraction of sp³-hybridized carbons (Fsp3) is 0.381. The number of carbonyl (C=O) groups is 1. The van der Waals surface area contributed by atoms with Gasteiger partial charge in [0.1, 0.15) is 17.7 Å². The number of alkyl halides is 1. The number of nitrogens with zero attached hydrogens (tertiary/aromatic N) is 4. The molecular weight excluding hydrogens is 392 g/mol. The Morgan fingerprint density at radius 1 is 1.20 bits per heavy atom. The van der Waals surface area contributed by atoms with Gasteiger partial charge in [-0.1, -0.05) is 0 Å². The first-order valence-corrected chi connectivity index (χ1v) is 10.00. The quantitative estimate of drug-likeness (QED) is 0.712. The zero-order valence-electron chi connectivity index (χ0n) is 16.2. The summed E-state index contributed by atoms with van der Waals surface area (Å²) in [5.74, 6) is -0.0714. The topological polar surface area (TPSA) is 72.3 Å². The van der Waals surface area contributed by atoms with Crippen LogP contribution in [0.1, 0.15) is 24.3 Å². The number of pyridine rings is 1. The van der Waals surface area contributed by atoms with Gasteiger partial charge >= 0.3 is 6.03 Å². The van der Waals surface area contributed by atoms with Gasteiger partial charge in [-0.15, -0.1) is 5.10 Å². The van der Waals surface area contributed by atoms with Crippen LogP contribution in [0.15, 0.2) is 36.7 Å². The molecule has 2 amide bonds. The van der Waals surface area contributed by atoms with E-state index in [2.05, 4.69) is 15.4 Å². The van der Waals surface area contributed by atoms with E-state index < -0.39 is 18.0 Å². The number of amides is 2. The Bertz CT molecular complexity index is 1090. The van der Waals surface area contributed by atoms with Crippen molar-refractivity contribution in [1.29, 1.82) is 0 Å². The van der Waals surface area contributed by atoms with Crippen molar-refractivity contribution in [3.05, 3.63) is 48.0 Å². The molecule has 5 rings (SSSR count). The molecule has 0 aliphatic carbocycles. The minimum Gasteiger partial charge on any atom is -0.381 e. The highest BCUT2D eigenvalue weighted by Gasteiger charge is 2.30. The molecule has 3 aromatic rings. The number of likely N-dealkylation sites (tertiary alicyclic amines) is 1. The molecule has 0 atom stereocenters. The number of nitrogens with one attached hydrogen (secondary N) is 1. The number of ether oxygens (including phenoxy) is 1. The average Bonchev–Trinajstić information content (AvgIpc) is 3.16. The lowest BCUT2D eigenvalue weighted by Crippen LogP contribution is -2.53. The van der Waals surface area contributed by atoms with E-state index >= 15 is 0 Å². The first-order valence-electron chi connectivity index (χ1n) is 10.00. The van der Waals surface area contributed by atoms with Crippen molar-refractivity contribution in [2.75, 3.05) is 31.6 Å². The number of carbonyl (C=O) groups excluding carboxylic acids is 1. The van der Waals surface area contributed by atoms with Gasteiger partial charge in [-0.05, 0) is 48.6 Å². The van der Waals surface area contributed by atoms with Crippen molar-refractivity contribution in [3.8, 4) is 5.69 Å². The third-order valence-electron chi connectivity index (χ3n) is 5.64. The van der Waals surface area contributed by atoms with E-state index in [1.165, 1.54) is 27.8 Å². The number of anilines is 1. The molecule has 0 bridgehead atoms. The maximum absolute atomic E-state index is 14.5. The molecule has 7 nitrogen and oxygen atoms in total. The molecule has 156 valence electrons. The lowest BCUT2D eigenvalue weighted by Gasteiger charge is -2.34. The Hall–Kier alpha value is -3.07. The Labute approximate surface area is 171 Å². The molecule has 2 aliphatic rings. The number of benzene rings is 1. The highest BCUT2D eigenvalue weighted by molar-refractivity contribution is 5.90. The average molecular weight is 413 g/mol. The maximum Gasteiger partial charge on any atom is 0.322 e. The molecule has 9 heteroatoms. The number of urea groups is 1. The van der Waals surface area contributed by atoms with Gasteiger partial charge in [0.05, 0.1) is 13.1 Å². The lowest BCUT2D eigenvalue weighted by molar-refractivity contribution is 0.0853. The smallest absolute Gasteiger partial charge is 0.322 e. The van der Waals surface area contributed by atoms with Gasteiger partial charge in [-0.3, -0.25) is 0 Å². The summed E-state index contributed by atoms with van der Waals surface area (Å²) in [6, 6.07) is 5.88. The molecule has 1 N–H and O–H groups in total. The van der Waals surface area contributed by atoms with Crippen molar-refractivity contribution >= 4 is 22.8 Å². The normalized spacial score (nSPS) is 17.9. The van der Waals surface area contributed by atoms with Crippen LogP contribution in [0, 0.1) is 5.82 Å². The molecule has 0 saturated carbocycles. The summed E-state index contributed by atoms with van der Waals surface area (Å²) in [7, 11) is 0. The maximum atomic E-state index is 14.5. The van der Waals surface area contributed by atoms with Crippen LogP contribution < -0.4 is 5.32 Å². The van der Waals surface area contributed by atoms with E-state index in [0.29, 0.717) is 17.3 Å². The van der Waals surface area contributed by atoms with Crippen LogP contribution in [0.5, 0.6) is 0 Å². The van der Waals surface area contributed by atoms with E-state index in [0.717, 1.165) is 37.0 Å². The molecule has 0 spiro atoms. The first kappa shape index (κ1) is 18.9. The largest absolute Gasteiger partial charge is 0.381 e. The zero-order chi connectivity index (χ0) is 20.7. The molecule has 0 radical (unpaired) electrons. The first-order chi connectivity index (χ1) is 14.6. The number of fused-ring (bicyclic) bond motifs is 1. The van der Waals surface area contributed by atoms with Crippen molar-refractivity contribution in [2.24, 2.45) is 0 Å². The number of hydrogen-bond acceptors (Lipinski definition) is 4. The fourth-order valence-electron chi connectivity index (χ4n) is 3.87. The predicted molar refractivity (Wildman–Crippen MR) is 107 cm³/mol. The van der Waals surface area contributed by atoms with Gasteiger partial charge in [-0.25, -0.2) is 23.2 Å². The summed E-state index contributed by atoms with van der Waals surface area (Å²) >= 11 is 0. The van der Waals surface area contributed by atoms with Gasteiger partial charge in [-0.2, -0.15) is 0 Å². The molecule has 30 heavy (non-hydrogen) atoms. The van der Waals surface area contributed by atoms with E-state index in [9.17, 15) is 13.6 Å². The van der Waals surface area contributed by atoms with Gasteiger partial charge in [0.15, 0.2) is 5.65 Å². The zero-order valence-corrected chi connectivity index (χ0v) is 16.2. The Morgan fingerprint density at radius 2 is 2.00 bits per heavy atom. The molecule has 2 saturated heterocycles. The summed E-state index contributed by atoms with van der Waals surface area (Å²) in [4.78, 5) is 17.9. The van der Waals surface area contributed by atoms with Gasteiger partial charge in [0.2, 0.25) is 0 Å². The van der Waals surface area contributed by atoms with Crippen molar-refractivity contribution < 1.29 is 18.3 Å². The summed E-state index contributed by atoms with van der Waals surface area (Å²) < 4.78 is 34.3. The van der Waals surface area contributed by atoms with Crippen LogP contribution in [-0.4, -0.2) is 58.2 Å². The Morgan fingerprint density at radius 3 is 2.77 bits per heavy atom. The third kappa shape index (κ3) is 3.60. The highest BCUT2D eigenvalue weighted by Crippen LogP contribution is 2.29. The van der Waals surface area contributed by atoms with Gasteiger partial charge in [0.25, 0.3) is 0 Å². The van der Waals surface area contributed by atoms with Crippen LogP contribution in [0.2, 0.25) is 0 Å². The SMILES string of the molecule is O=C(Nc1ccc(F)c(-n2cc3cc(C4CCOCC4)cnc3n2)c1)N1CC(F)C1. The van der Waals surface area contributed by atoms with E-state index in [1.54, 1.807) is 6.20 Å². The van der Waals surface area contributed by atoms with E-state index in [-0.39, 0.29) is 18.8 Å². The summed E-state index contributed by atoms with van der Waals surface area (Å²) in [5.41, 5.74) is 2.27. The van der Waals surface area contributed by atoms with Crippen molar-refractivity contribution in [3.63, 3.8) is 0 Å². The van der Waals surface area contributed by atoms with E-state index in [4.69, 9.17) is 4.74 Å². The Balaban J connectivity index is 1.40. The van der Waals surface area contributed by atoms with E-state index in [1.807, 2.05) is 12.3 Å². The predicted octanol–water partition coefficient (Wildman–Crippen LogP) is 3.64. The monoisotopic (exact) mass is 413 g/mol. The second-order valence-corrected chi connectivity index (χ2v) is 7.74. The number of rotatable bonds is 3. The number of aromatic nitrogens is 3. The van der Waals surface area contributed by atoms with Gasteiger partial charge < -0.3 is 15.0 Å². The molecule has 1 aromatic carbocycles. The third-order valence-corrected chi connectivity index (χ3v) is 5.64. The standard InChI is InChI=1S/C21H21F2N5O2/c22-16-11-27(12-16)21(29)25-17-1-2-18(23)19(8-17)28-10-15-7-14(9-24-20(15)26-28)13-3-5-30-6-4-13/h1-2,7-10,13,16H,3-6,11-12H2,(H,25,29). The minimum atomic E-state index is -0.977. The molecule has 2 aromatic heterocycles. The van der Waals surface area contributed by atoms with Crippen LogP contribution in [0.4, 0.5) is 19.3 Å². The van der Waals surface area contributed by atoms with Crippen molar-refractivity contribution in [2.45, 2.75) is 24.9 Å². The Kier molecular flexibility index (Phi) is 4.82. The summed E-state index contributed by atoms with van der Waals surface area (Å²) in [6.45, 7) is 1.64. The summed E-state index contributed by atoms with van der Waals surface area (Å²) in [6.07, 6.45) is 4.50. The minimum absolute atomic E-state index is 0.0750. The molecule has 0 unspecified atom stereocenters. The van der Waals surface area contributed by atoms with Crippen LogP contribution in [-0.2, 0) is 4.74 Å². The lowest BCUT2D eigenvalue weighted by atomic mass is 9.93. The van der Waals surface area contributed by atoms with Crippen LogP contribution in [0.3, 0.4) is 0 Å². The second kappa shape index (κ2) is 7.64. The molecular formula is C21H21F2N5O2. The molecule has 2 fully saturated rings. The summed E-state index contributed by atoms with van der Waals surface area (Å²) in [5, 5.41) is 7.89. The van der Waals surface area contributed by atoms with Crippen LogP contribution >= 0.6 is 0 Å². The highest BCUT2D eigenvalue weighted by atomic mass is 19.1. The molecule has 2 aliphatic heterocycles.